The molecule has 2 N–H and O–H groups in total. The Kier molecular flexibility index (Phi) is 4.19. The molecular formula is C18H23NO3. The van der Waals surface area contributed by atoms with Crippen LogP contribution in [0.3, 0.4) is 0 Å². The average molecular weight is 301 g/mol. The minimum absolute atomic E-state index is 0.0220. The van der Waals surface area contributed by atoms with Gasteiger partial charge < -0.3 is 10.4 Å². The van der Waals surface area contributed by atoms with Crippen molar-refractivity contribution in [2.45, 2.75) is 51.4 Å². The monoisotopic (exact) mass is 301 g/mol. The number of carbonyl (C=O) groups excluding carboxylic acids is 2. The number of phenolic OH excluding ortho intramolecular Hbond substituents is 1. The van der Waals surface area contributed by atoms with Crippen molar-refractivity contribution in [1.82, 2.24) is 5.32 Å². The van der Waals surface area contributed by atoms with Gasteiger partial charge in [0.05, 0.1) is 0 Å². The van der Waals surface area contributed by atoms with E-state index in [-0.39, 0.29) is 23.5 Å². The van der Waals surface area contributed by atoms with Crippen LogP contribution in [0, 0.1) is 5.92 Å². The highest BCUT2D eigenvalue weighted by Crippen LogP contribution is 2.43. The van der Waals surface area contributed by atoms with Gasteiger partial charge in [0.1, 0.15) is 11.5 Å². The molecule has 0 spiro atoms. The molecule has 1 unspecified atom stereocenters. The van der Waals surface area contributed by atoms with Crippen LogP contribution in [0.5, 0.6) is 5.75 Å². The van der Waals surface area contributed by atoms with Crippen LogP contribution >= 0.6 is 0 Å². The highest BCUT2D eigenvalue weighted by molar-refractivity contribution is 5.86. The fraction of sp³-hybridized carbons (Fsp3) is 0.556. The summed E-state index contributed by atoms with van der Waals surface area (Å²) in [7, 11) is 0. The molecule has 1 saturated carbocycles. The van der Waals surface area contributed by atoms with E-state index in [0.29, 0.717) is 18.7 Å². The minimum Gasteiger partial charge on any atom is -0.507 e. The van der Waals surface area contributed by atoms with Gasteiger partial charge in [-0.05, 0) is 43.6 Å². The van der Waals surface area contributed by atoms with Gasteiger partial charge >= 0.3 is 0 Å². The van der Waals surface area contributed by atoms with E-state index in [1.165, 1.54) is 12.5 Å². The van der Waals surface area contributed by atoms with Crippen molar-refractivity contribution < 1.29 is 14.7 Å². The van der Waals surface area contributed by atoms with Crippen molar-refractivity contribution in [3.8, 4) is 5.75 Å². The van der Waals surface area contributed by atoms with E-state index >= 15 is 0 Å². The van der Waals surface area contributed by atoms with Crippen molar-refractivity contribution >= 4 is 11.7 Å². The van der Waals surface area contributed by atoms with Crippen LogP contribution in [0.1, 0.15) is 55.2 Å². The standard InChI is InChI=1S/C18H23NO3/c1-11(20)19-9-8-14-5-4-13-6-7-15(18(22)17(13)14)10-16(21)12-2-3-12/h6-7,12,14,22H,2-5,8-10H2,1H3,(H,19,20). The molecule has 2 aliphatic carbocycles. The lowest BCUT2D eigenvalue weighted by Gasteiger charge is -2.15. The van der Waals surface area contributed by atoms with E-state index in [1.54, 1.807) is 0 Å². The van der Waals surface area contributed by atoms with Gasteiger partial charge in [-0.3, -0.25) is 9.59 Å². The van der Waals surface area contributed by atoms with Gasteiger partial charge in [0.15, 0.2) is 0 Å². The van der Waals surface area contributed by atoms with Crippen molar-refractivity contribution in [2.75, 3.05) is 6.54 Å². The van der Waals surface area contributed by atoms with E-state index in [4.69, 9.17) is 0 Å². The maximum absolute atomic E-state index is 12.0. The van der Waals surface area contributed by atoms with Crippen molar-refractivity contribution in [1.29, 1.82) is 0 Å². The first-order valence-corrected chi connectivity index (χ1v) is 8.17. The highest BCUT2D eigenvalue weighted by atomic mass is 16.3. The van der Waals surface area contributed by atoms with Crippen LogP contribution in [-0.2, 0) is 22.4 Å². The molecule has 118 valence electrons. The molecule has 0 heterocycles. The zero-order valence-corrected chi connectivity index (χ0v) is 13.0. The van der Waals surface area contributed by atoms with Gasteiger partial charge in [0.25, 0.3) is 0 Å². The number of carbonyl (C=O) groups is 2. The van der Waals surface area contributed by atoms with Crippen molar-refractivity contribution in [3.63, 3.8) is 0 Å². The number of benzene rings is 1. The number of nitrogens with one attached hydrogen (secondary N) is 1. The number of aryl methyl sites for hydroxylation is 1. The fourth-order valence-electron chi connectivity index (χ4n) is 3.43. The SMILES string of the molecule is CC(=O)NCCC1CCc2ccc(CC(=O)C3CC3)c(O)c21. The Labute approximate surface area is 130 Å². The maximum atomic E-state index is 12.0. The lowest BCUT2D eigenvalue weighted by atomic mass is 9.93. The van der Waals surface area contributed by atoms with E-state index in [9.17, 15) is 14.7 Å². The van der Waals surface area contributed by atoms with Crippen molar-refractivity contribution in [3.05, 3.63) is 28.8 Å². The third-order valence-electron chi connectivity index (χ3n) is 4.83. The quantitative estimate of drug-likeness (QED) is 0.848. The Hall–Kier alpha value is -1.84. The number of hydrogen-bond donors (Lipinski definition) is 2. The molecule has 2 aliphatic rings. The molecular weight excluding hydrogens is 278 g/mol. The normalized spacial score (nSPS) is 19.8. The largest absolute Gasteiger partial charge is 0.507 e. The molecule has 0 bridgehead atoms. The number of ketones is 1. The molecule has 0 saturated heterocycles. The van der Waals surface area contributed by atoms with Crippen LogP contribution in [0.15, 0.2) is 12.1 Å². The lowest BCUT2D eigenvalue weighted by molar-refractivity contribution is -0.120. The highest BCUT2D eigenvalue weighted by Gasteiger charge is 2.31. The Morgan fingerprint density at radius 1 is 1.27 bits per heavy atom. The molecule has 4 nitrogen and oxygen atoms in total. The second-order valence-corrected chi connectivity index (χ2v) is 6.57. The first-order valence-electron chi connectivity index (χ1n) is 8.17. The molecule has 1 aromatic rings. The summed E-state index contributed by atoms with van der Waals surface area (Å²) in [5, 5.41) is 13.4. The topological polar surface area (TPSA) is 66.4 Å². The number of hydrogen-bond acceptors (Lipinski definition) is 3. The van der Waals surface area contributed by atoms with Gasteiger partial charge in [-0.15, -0.1) is 0 Å². The van der Waals surface area contributed by atoms with Crippen LogP contribution in [-0.4, -0.2) is 23.3 Å². The number of fused-ring (bicyclic) bond motifs is 1. The smallest absolute Gasteiger partial charge is 0.216 e. The predicted octanol–water partition coefficient (Wildman–Crippen LogP) is 2.47. The number of aromatic hydroxyl groups is 1. The second-order valence-electron chi connectivity index (χ2n) is 6.57. The van der Waals surface area contributed by atoms with Crippen molar-refractivity contribution in [2.24, 2.45) is 5.92 Å². The van der Waals surface area contributed by atoms with Gasteiger partial charge in [-0.1, -0.05) is 12.1 Å². The summed E-state index contributed by atoms with van der Waals surface area (Å²) in [5.74, 6) is 1.05. The molecule has 0 aromatic heterocycles. The van der Waals surface area contributed by atoms with E-state index in [1.807, 2.05) is 6.07 Å². The summed E-state index contributed by atoms with van der Waals surface area (Å²) < 4.78 is 0. The Morgan fingerprint density at radius 2 is 2.05 bits per heavy atom. The third-order valence-corrected chi connectivity index (χ3v) is 4.83. The first kappa shape index (κ1) is 15.1. The summed E-state index contributed by atoms with van der Waals surface area (Å²) in [6.45, 7) is 2.14. The summed E-state index contributed by atoms with van der Waals surface area (Å²) in [5.41, 5.74) is 2.96. The molecule has 22 heavy (non-hydrogen) atoms. The summed E-state index contributed by atoms with van der Waals surface area (Å²) in [4.78, 5) is 23.0. The van der Waals surface area contributed by atoms with Gasteiger partial charge in [0, 0.05) is 36.9 Å². The predicted molar refractivity (Wildman–Crippen MR) is 83.9 cm³/mol. The fourth-order valence-corrected chi connectivity index (χ4v) is 3.43. The number of Topliss-reactive ketones (excluding diaryl/α,β-unsaturated/α-hetero) is 1. The molecule has 0 radical (unpaired) electrons. The molecule has 3 rings (SSSR count). The zero-order valence-electron chi connectivity index (χ0n) is 13.0. The minimum atomic E-state index is -0.0220. The Bertz CT molecular complexity index is 605. The molecule has 1 aromatic carbocycles. The Balaban J connectivity index is 1.73. The van der Waals surface area contributed by atoms with Gasteiger partial charge in [0.2, 0.25) is 5.91 Å². The number of rotatable bonds is 6. The van der Waals surface area contributed by atoms with Crippen LogP contribution < -0.4 is 5.32 Å². The first-order chi connectivity index (χ1) is 10.6. The molecule has 1 atom stereocenters. The summed E-state index contributed by atoms with van der Waals surface area (Å²) in [6, 6.07) is 3.97. The number of amides is 1. The van der Waals surface area contributed by atoms with Crippen LogP contribution in [0.25, 0.3) is 0 Å². The maximum Gasteiger partial charge on any atom is 0.216 e. The molecule has 0 aliphatic heterocycles. The van der Waals surface area contributed by atoms with Gasteiger partial charge in [-0.25, -0.2) is 0 Å². The van der Waals surface area contributed by atoms with Gasteiger partial charge in [-0.2, -0.15) is 0 Å². The van der Waals surface area contributed by atoms with E-state index in [0.717, 1.165) is 43.2 Å². The zero-order chi connectivity index (χ0) is 15.7. The van der Waals surface area contributed by atoms with Crippen LogP contribution in [0.2, 0.25) is 0 Å². The Morgan fingerprint density at radius 3 is 2.73 bits per heavy atom. The van der Waals surface area contributed by atoms with Crippen LogP contribution in [0.4, 0.5) is 0 Å². The van der Waals surface area contributed by atoms with E-state index in [2.05, 4.69) is 11.4 Å². The molecule has 1 fully saturated rings. The third kappa shape index (κ3) is 3.16. The second kappa shape index (κ2) is 6.11. The average Bonchev–Trinajstić information content (AvgIpc) is 3.24. The summed E-state index contributed by atoms with van der Waals surface area (Å²) in [6.07, 6.45) is 5.16. The summed E-state index contributed by atoms with van der Waals surface area (Å²) >= 11 is 0. The molecule has 4 heteroatoms. The lowest BCUT2D eigenvalue weighted by Crippen LogP contribution is -2.22. The molecule has 1 amide bonds. The van der Waals surface area contributed by atoms with E-state index < -0.39 is 0 Å². The number of phenols is 1.